The third kappa shape index (κ3) is 2.61. The normalized spacial score (nSPS) is 11.0. The Hall–Kier alpha value is -2.25. The zero-order valence-corrected chi connectivity index (χ0v) is 10.1. The Morgan fingerprint density at radius 3 is 2.79 bits per heavy atom. The number of carbonyl (C=O) groups excluding carboxylic acids is 1. The zero-order valence-electron chi connectivity index (χ0n) is 10.1. The third-order valence-electron chi connectivity index (χ3n) is 2.16. The van der Waals surface area contributed by atoms with Crippen LogP contribution in [0.3, 0.4) is 0 Å². The molecule has 2 rings (SSSR count). The van der Waals surface area contributed by atoms with E-state index in [1.165, 1.54) is 6.07 Å². The van der Waals surface area contributed by atoms with Gasteiger partial charge in [0.05, 0.1) is 12.3 Å². The lowest BCUT2D eigenvalue weighted by Crippen LogP contribution is -2.06. The molecule has 0 saturated carbocycles. The van der Waals surface area contributed by atoms with E-state index in [1.54, 1.807) is 13.8 Å². The van der Waals surface area contributed by atoms with Crippen molar-refractivity contribution in [2.45, 2.75) is 20.3 Å². The summed E-state index contributed by atoms with van der Waals surface area (Å²) in [5, 5.41) is 3.58. The molecule has 0 fully saturated rings. The average molecular weight is 272 g/mol. The van der Waals surface area contributed by atoms with Crippen LogP contribution < -0.4 is 0 Å². The van der Waals surface area contributed by atoms with Gasteiger partial charge in [0.15, 0.2) is 5.69 Å². The van der Waals surface area contributed by atoms with E-state index in [0.29, 0.717) is 5.69 Å². The second-order valence-corrected chi connectivity index (χ2v) is 3.59. The average Bonchev–Trinajstić information content (AvgIpc) is 2.94. The molecule has 6 nitrogen and oxygen atoms in total. The predicted octanol–water partition coefficient (Wildman–Crippen LogP) is 2.75. The van der Waals surface area contributed by atoms with Crippen LogP contribution >= 0.6 is 0 Å². The highest BCUT2D eigenvalue weighted by Crippen LogP contribution is 2.29. The monoisotopic (exact) mass is 272 g/mol. The number of halogens is 2. The molecule has 0 unspecified atom stereocenters. The maximum Gasteiger partial charge on any atom is 0.376 e. The Morgan fingerprint density at radius 1 is 1.53 bits per heavy atom. The largest absolute Gasteiger partial charge is 0.460 e. The Labute approximate surface area is 106 Å². The van der Waals surface area contributed by atoms with Gasteiger partial charge in [-0.25, -0.2) is 18.6 Å². The summed E-state index contributed by atoms with van der Waals surface area (Å²) in [5.74, 6) is -1.79. The lowest BCUT2D eigenvalue weighted by atomic mass is 10.3. The molecule has 102 valence electrons. The Balaban J connectivity index is 2.43. The van der Waals surface area contributed by atoms with Gasteiger partial charge in [-0.2, -0.15) is 0 Å². The maximum atomic E-state index is 12.8. The molecule has 2 aromatic heterocycles. The van der Waals surface area contributed by atoms with Crippen LogP contribution in [-0.2, 0) is 4.74 Å². The Kier molecular flexibility index (Phi) is 3.59. The highest BCUT2D eigenvalue weighted by Gasteiger charge is 2.29. The number of alkyl halides is 2. The van der Waals surface area contributed by atoms with Gasteiger partial charge >= 0.3 is 5.97 Å². The fourth-order valence-corrected chi connectivity index (χ4v) is 1.39. The van der Waals surface area contributed by atoms with Crippen LogP contribution in [0.1, 0.15) is 35.3 Å². The first-order chi connectivity index (χ1) is 9.02. The van der Waals surface area contributed by atoms with Crippen LogP contribution in [-0.4, -0.2) is 22.7 Å². The van der Waals surface area contributed by atoms with Gasteiger partial charge in [0.25, 0.3) is 12.3 Å². The molecule has 0 aromatic carbocycles. The van der Waals surface area contributed by atoms with Crippen molar-refractivity contribution in [1.29, 1.82) is 0 Å². The minimum atomic E-state index is -2.96. The van der Waals surface area contributed by atoms with Crippen molar-refractivity contribution in [1.82, 2.24) is 10.1 Å². The van der Waals surface area contributed by atoms with Gasteiger partial charge in [0.2, 0.25) is 11.5 Å². The van der Waals surface area contributed by atoms with Crippen LogP contribution in [0, 0.1) is 6.92 Å². The standard InChI is InChI=1S/C11H10F2N2O4/c1-3-17-11(16)8-7(9(12)13)14-10(18-8)6-4-5(2)15-19-6/h4,9H,3H2,1-2H3. The van der Waals surface area contributed by atoms with Crippen LogP contribution in [0.5, 0.6) is 0 Å². The fourth-order valence-electron chi connectivity index (χ4n) is 1.39. The molecule has 8 heteroatoms. The summed E-state index contributed by atoms with van der Waals surface area (Å²) in [6, 6.07) is 1.45. The van der Waals surface area contributed by atoms with E-state index in [4.69, 9.17) is 8.94 Å². The number of aromatic nitrogens is 2. The van der Waals surface area contributed by atoms with E-state index in [0.717, 1.165) is 0 Å². The minimum Gasteiger partial charge on any atom is -0.460 e. The number of hydrogen-bond acceptors (Lipinski definition) is 6. The summed E-state index contributed by atoms with van der Waals surface area (Å²) in [5.41, 5.74) is -0.244. The number of esters is 1. The predicted molar refractivity (Wildman–Crippen MR) is 57.7 cm³/mol. The van der Waals surface area contributed by atoms with Crippen molar-refractivity contribution in [3.8, 4) is 11.7 Å². The van der Waals surface area contributed by atoms with Crippen molar-refractivity contribution in [2.24, 2.45) is 0 Å². The topological polar surface area (TPSA) is 78.4 Å². The van der Waals surface area contributed by atoms with Gasteiger partial charge in [0, 0.05) is 6.07 Å². The van der Waals surface area contributed by atoms with Crippen LogP contribution in [0.4, 0.5) is 8.78 Å². The molecule has 0 aliphatic heterocycles. The molecule has 0 spiro atoms. The first kappa shape index (κ1) is 13.2. The fraction of sp³-hybridized carbons (Fsp3) is 0.364. The highest BCUT2D eigenvalue weighted by molar-refractivity contribution is 5.88. The summed E-state index contributed by atoms with van der Waals surface area (Å²) in [7, 11) is 0. The van der Waals surface area contributed by atoms with E-state index in [1.807, 2.05) is 0 Å². The molecule has 0 saturated heterocycles. The molecule has 0 aliphatic carbocycles. The highest BCUT2D eigenvalue weighted by atomic mass is 19.3. The molecule has 0 aliphatic rings. The van der Waals surface area contributed by atoms with E-state index in [2.05, 4.69) is 14.9 Å². The van der Waals surface area contributed by atoms with Crippen molar-refractivity contribution in [2.75, 3.05) is 6.61 Å². The summed E-state index contributed by atoms with van der Waals surface area (Å²) in [6.07, 6.45) is -2.96. The number of carbonyl (C=O) groups is 1. The van der Waals surface area contributed by atoms with Crippen LogP contribution in [0.15, 0.2) is 15.0 Å². The number of aryl methyl sites for hydroxylation is 1. The molecular formula is C11H10F2N2O4. The van der Waals surface area contributed by atoms with Crippen molar-refractivity contribution < 1.29 is 27.3 Å². The van der Waals surface area contributed by atoms with Gasteiger partial charge in [-0.1, -0.05) is 5.16 Å². The number of nitrogens with zero attached hydrogens (tertiary/aromatic N) is 2. The summed E-state index contributed by atoms with van der Waals surface area (Å²) in [4.78, 5) is 15.0. The van der Waals surface area contributed by atoms with Gasteiger partial charge in [-0.15, -0.1) is 0 Å². The van der Waals surface area contributed by atoms with Crippen molar-refractivity contribution in [3.05, 3.63) is 23.2 Å². The molecule has 0 radical (unpaired) electrons. The summed E-state index contributed by atoms with van der Waals surface area (Å²) < 4.78 is 40.0. The van der Waals surface area contributed by atoms with Crippen LogP contribution in [0.2, 0.25) is 0 Å². The lowest BCUT2D eigenvalue weighted by molar-refractivity contribution is 0.0476. The second-order valence-electron chi connectivity index (χ2n) is 3.59. The maximum absolute atomic E-state index is 12.8. The van der Waals surface area contributed by atoms with E-state index >= 15 is 0 Å². The first-order valence-corrected chi connectivity index (χ1v) is 5.42. The molecular weight excluding hydrogens is 262 g/mol. The minimum absolute atomic E-state index is 0.0406. The summed E-state index contributed by atoms with van der Waals surface area (Å²) >= 11 is 0. The van der Waals surface area contributed by atoms with Gasteiger partial charge in [-0.05, 0) is 13.8 Å². The van der Waals surface area contributed by atoms with Crippen molar-refractivity contribution >= 4 is 5.97 Å². The molecule has 2 aromatic rings. The zero-order chi connectivity index (χ0) is 14.0. The van der Waals surface area contributed by atoms with Gasteiger partial charge in [-0.3, -0.25) is 0 Å². The van der Waals surface area contributed by atoms with Crippen molar-refractivity contribution in [3.63, 3.8) is 0 Å². The number of oxazole rings is 1. The Morgan fingerprint density at radius 2 is 2.26 bits per heavy atom. The molecule has 19 heavy (non-hydrogen) atoms. The molecule has 0 atom stereocenters. The smallest absolute Gasteiger partial charge is 0.376 e. The molecule has 0 N–H and O–H groups in total. The lowest BCUT2D eigenvalue weighted by Gasteiger charge is -1.99. The number of hydrogen-bond donors (Lipinski definition) is 0. The van der Waals surface area contributed by atoms with Crippen LogP contribution in [0.25, 0.3) is 11.7 Å². The molecule has 0 amide bonds. The Bertz CT molecular complexity index is 591. The van der Waals surface area contributed by atoms with Gasteiger partial charge in [0.1, 0.15) is 0 Å². The quantitative estimate of drug-likeness (QED) is 0.796. The van der Waals surface area contributed by atoms with E-state index in [-0.39, 0.29) is 18.3 Å². The molecule has 2 heterocycles. The van der Waals surface area contributed by atoms with Gasteiger partial charge < -0.3 is 13.7 Å². The number of ether oxygens (including phenoxy) is 1. The third-order valence-corrected chi connectivity index (χ3v) is 2.16. The first-order valence-electron chi connectivity index (χ1n) is 5.42. The number of rotatable bonds is 4. The molecule has 0 bridgehead atoms. The SMILES string of the molecule is CCOC(=O)c1oc(-c2cc(C)no2)nc1C(F)F. The summed E-state index contributed by atoms with van der Waals surface area (Å²) in [6.45, 7) is 3.24. The van der Waals surface area contributed by atoms with E-state index < -0.39 is 23.8 Å². The van der Waals surface area contributed by atoms with E-state index in [9.17, 15) is 13.6 Å². The second kappa shape index (κ2) is 5.17.